The maximum absolute atomic E-state index is 11.0. The number of aromatic hydroxyl groups is 1. The molecule has 0 saturated carbocycles. The summed E-state index contributed by atoms with van der Waals surface area (Å²) in [5.74, 6) is -0.0949. The van der Waals surface area contributed by atoms with Gasteiger partial charge in [0.25, 0.3) is 0 Å². The van der Waals surface area contributed by atoms with Crippen LogP contribution in [0.15, 0.2) is 18.2 Å². The number of phenols is 1. The van der Waals surface area contributed by atoms with Gasteiger partial charge in [0.1, 0.15) is 11.6 Å². The SMILES string of the molecule is Nc1nc(N2CCC(C(=O)O)CC2)nc2cc(O)ccc12. The fraction of sp³-hybridized carbons (Fsp3) is 0.357. The lowest BCUT2D eigenvalue weighted by atomic mass is 9.97. The van der Waals surface area contributed by atoms with Crippen LogP contribution in [0.1, 0.15) is 12.8 Å². The topological polar surface area (TPSA) is 113 Å². The number of aromatic nitrogens is 2. The lowest BCUT2D eigenvalue weighted by Crippen LogP contribution is -2.37. The summed E-state index contributed by atoms with van der Waals surface area (Å²) in [5, 5.41) is 19.2. The second-order valence-electron chi connectivity index (χ2n) is 5.21. The van der Waals surface area contributed by atoms with Crippen LogP contribution < -0.4 is 10.6 Å². The predicted molar refractivity (Wildman–Crippen MR) is 78.2 cm³/mol. The third-order valence-electron chi connectivity index (χ3n) is 3.83. The summed E-state index contributed by atoms with van der Waals surface area (Å²) in [7, 11) is 0. The van der Waals surface area contributed by atoms with Crippen LogP contribution in [-0.4, -0.2) is 39.2 Å². The molecule has 2 aromatic rings. The second-order valence-corrected chi connectivity index (χ2v) is 5.21. The highest BCUT2D eigenvalue weighted by atomic mass is 16.4. The van der Waals surface area contributed by atoms with Gasteiger partial charge in [-0.1, -0.05) is 0 Å². The number of hydrogen-bond donors (Lipinski definition) is 3. The van der Waals surface area contributed by atoms with E-state index in [-0.39, 0.29) is 11.7 Å². The number of piperidine rings is 1. The molecule has 1 aliphatic heterocycles. The van der Waals surface area contributed by atoms with Crippen molar-refractivity contribution < 1.29 is 15.0 Å². The molecule has 0 bridgehead atoms. The summed E-state index contributed by atoms with van der Waals surface area (Å²) < 4.78 is 0. The van der Waals surface area contributed by atoms with E-state index in [2.05, 4.69) is 9.97 Å². The Morgan fingerprint density at radius 3 is 2.67 bits per heavy atom. The van der Waals surface area contributed by atoms with Gasteiger partial charge in [0.05, 0.1) is 11.4 Å². The highest BCUT2D eigenvalue weighted by molar-refractivity contribution is 5.89. The zero-order chi connectivity index (χ0) is 15.0. The van der Waals surface area contributed by atoms with E-state index in [1.807, 2.05) is 4.90 Å². The number of nitrogens with zero attached hydrogens (tertiary/aromatic N) is 3. The van der Waals surface area contributed by atoms with Crippen molar-refractivity contribution in [3.8, 4) is 5.75 Å². The molecule has 7 nitrogen and oxygen atoms in total. The average molecular weight is 288 g/mol. The maximum Gasteiger partial charge on any atom is 0.306 e. The molecule has 0 unspecified atom stereocenters. The van der Waals surface area contributed by atoms with Crippen molar-refractivity contribution in [2.45, 2.75) is 12.8 Å². The van der Waals surface area contributed by atoms with Crippen LogP contribution in [0.5, 0.6) is 5.75 Å². The van der Waals surface area contributed by atoms with Crippen molar-refractivity contribution in [1.29, 1.82) is 0 Å². The van der Waals surface area contributed by atoms with Gasteiger partial charge >= 0.3 is 5.97 Å². The molecular formula is C14H16N4O3. The number of hydrogen-bond acceptors (Lipinski definition) is 6. The van der Waals surface area contributed by atoms with Crippen molar-refractivity contribution in [3.63, 3.8) is 0 Å². The summed E-state index contributed by atoms with van der Waals surface area (Å²) in [6, 6.07) is 4.77. The molecule has 2 heterocycles. The molecule has 1 aliphatic rings. The van der Waals surface area contributed by atoms with Gasteiger partial charge in [0, 0.05) is 24.5 Å². The van der Waals surface area contributed by atoms with E-state index in [9.17, 15) is 9.90 Å². The van der Waals surface area contributed by atoms with Crippen LogP contribution in [0, 0.1) is 5.92 Å². The van der Waals surface area contributed by atoms with E-state index < -0.39 is 5.97 Å². The molecule has 21 heavy (non-hydrogen) atoms. The monoisotopic (exact) mass is 288 g/mol. The predicted octanol–water partition coefficient (Wildman–Crippen LogP) is 1.22. The van der Waals surface area contributed by atoms with Crippen molar-refractivity contribution >= 4 is 28.6 Å². The number of phenolic OH excluding ortho intramolecular Hbond substituents is 1. The summed E-state index contributed by atoms with van der Waals surface area (Å²) >= 11 is 0. The van der Waals surface area contributed by atoms with Crippen molar-refractivity contribution in [2.75, 3.05) is 23.7 Å². The number of fused-ring (bicyclic) bond motifs is 1. The molecule has 0 amide bonds. The minimum atomic E-state index is -0.751. The van der Waals surface area contributed by atoms with Crippen LogP contribution in [0.3, 0.4) is 0 Å². The van der Waals surface area contributed by atoms with Crippen LogP contribution in [0.25, 0.3) is 10.9 Å². The van der Waals surface area contributed by atoms with Crippen LogP contribution >= 0.6 is 0 Å². The third-order valence-corrected chi connectivity index (χ3v) is 3.83. The lowest BCUT2D eigenvalue weighted by Gasteiger charge is -2.30. The van der Waals surface area contributed by atoms with Gasteiger partial charge < -0.3 is 20.8 Å². The van der Waals surface area contributed by atoms with Gasteiger partial charge in [0.15, 0.2) is 0 Å². The number of benzene rings is 1. The van der Waals surface area contributed by atoms with Crippen molar-refractivity contribution in [3.05, 3.63) is 18.2 Å². The standard InChI is InChI=1S/C14H16N4O3/c15-12-10-2-1-9(19)7-11(10)16-14(17-12)18-5-3-8(4-6-18)13(20)21/h1-2,7-8,19H,3-6H2,(H,20,21)(H2,15,16,17). The number of aliphatic carboxylic acids is 1. The van der Waals surface area contributed by atoms with Crippen molar-refractivity contribution in [2.24, 2.45) is 5.92 Å². The molecule has 3 rings (SSSR count). The fourth-order valence-corrected chi connectivity index (χ4v) is 2.60. The Labute approximate surface area is 121 Å². The molecule has 0 radical (unpaired) electrons. The first-order valence-corrected chi connectivity index (χ1v) is 6.78. The van der Waals surface area contributed by atoms with Gasteiger partial charge in [-0.15, -0.1) is 0 Å². The van der Waals surface area contributed by atoms with E-state index in [1.165, 1.54) is 0 Å². The van der Waals surface area contributed by atoms with E-state index >= 15 is 0 Å². The van der Waals surface area contributed by atoms with E-state index in [0.717, 1.165) is 0 Å². The minimum Gasteiger partial charge on any atom is -0.508 e. The van der Waals surface area contributed by atoms with E-state index in [4.69, 9.17) is 10.8 Å². The molecule has 4 N–H and O–H groups in total. The second kappa shape index (κ2) is 5.08. The molecule has 1 aromatic carbocycles. The first-order valence-electron chi connectivity index (χ1n) is 6.78. The number of carboxylic acids is 1. The number of nitrogen functional groups attached to an aromatic ring is 1. The highest BCUT2D eigenvalue weighted by Crippen LogP contribution is 2.27. The average Bonchev–Trinajstić information content (AvgIpc) is 2.46. The smallest absolute Gasteiger partial charge is 0.306 e. The molecule has 1 saturated heterocycles. The first kappa shape index (κ1) is 13.4. The van der Waals surface area contributed by atoms with Gasteiger partial charge in [-0.05, 0) is 25.0 Å². The van der Waals surface area contributed by atoms with Crippen LogP contribution in [0.2, 0.25) is 0 Å². The Hall–Kier alpha value is -2.57. The van der Waals surface area contributed by atoms with E-state index in [1.54, 1.807) is 18.2 Å². The Kier molecular flexibility index (Phi) is 3.25. The number of carbonyl (C=O) groups is 1. The van der Waals surface area contributed by atoms with Gasteiger partial charge in [-0.3, -0.25) is 4.79 Å². The zero-order valence-corrected chi connectivity index (χ0v) is 11.4. The van der Waals surface area contributed by atoms with Gasteiger partial charge in [-0.25, -0.2) is 4.98 Å². The Balaban J connectivity index is 1.89. The Morgan fingerprint density at radius 2 is 2.00 bits per heavy atom. The summed E-state index contributed by atoms with van der Waals surface area (Å²) in [6.07, 6.45) is 1.13. The van der Waals surface area contributed by atoms with Gasteiger partial charge in [0.2, 0.25) is 5.95 Å². The molecular weight excluding hydrogens is 272 g/mol. The molecule has 0 atom stereocenters. The maximum atomic E-state index is 11.0. The molecule has 110 valence electrons. The fourth-order valence-electron chi connectivity index (χ4n) is 2.60. The molecule has 7 heteroatoms. The highest BCUT2D eigenvalue weighted by Gasteiger charge is 2.26. The molecule has 1 aromatic heterocycles. The Morgan fingerprint density at radius 1 is 1.29 bits per heavy atom. The van der Waals surface area contributed by atoms with Crippen molar-refractivity contribution in [1.82, 2.24) is 9.97 Å². The minimum absolute atomic E-state index is 0.121. The van der Waals surface area contributed by atoms with E-state index in [0.29, 0.717) is 48.6 Å². The Bertz CT molecular complexity index is 696. The normalized spacial score (nSPS) is 16.3. The number of anilines is 2. The third kappa shape index (κ3) is 2.54. The van der Waals surface area contributed by atoms with Gasteiger partial charge in [-0.2, -0.15) is 4.98 Å². The largest absolute Gasteiger partial charge is 0.508 e. The first-order chi connectivity index (χ1) is 10.0. The van der Waals surface area contributed by atoms with Crippen LogP contribution in [-0.2, 0) is 4.79 Å². The zero-order valence-electron chi connectivity index (χ0n) is 11.4. The summed E-state index contributed by atoms with van der Waals surface area (Å²) in [5.41, 5.74) is 6.52. The molecule has 0 spiro atoms. The number of nitrogens with two attached hydrogens (primary N) is 1. The lowest BCUT2D eigenvalue weighted by molar-refractivity contribution is -0.142. The molecule has 1 fully saturated rings. The number of rotatable bonds is 2. The van der Waals surface area contributed by atoms with Crippen LogP contribution in [0.4, 0.5) is 11.8 Å². The summed E-state index contributed by atoms with van der Waals surface area (Å²) in [6.45, 7) is 1.17. The quantitative estimate of drug-likeness (QED) is 0.761. The number of carboxylic acid groups (broad SMARTS) is 1. The summed E-state index contributed by atoms with van der Waals surface area (Å²) in [4.78, 5) is 21.6. The molecule has 0 aliphatic carbocycles.